The second kappa shape index (κ2) is 8.97. The van der Waals surface area contributed by atoms with Crippen LogP contribution in [0.25, 0.3) is 10.2 Å². The fourth-order valence-corrected chi connectivity index (χ4v) is 5.04. The molecule has 0 atom stereocenters. The zero-order valence-electron chi connectivity index (χ0n) is 17.5. The first kappa shape index (κ1) is 21.8. The highest BCUT2D eigenvalue weighted by atomic mass is 32.2. The van der Waals surface area contributed by atoms with Crippen molar-refractivity contribution in [3.05, 3.63) is 77.9 Å². The number of fused-ring (bicyclic) bond motifs is 1. The molecule has 9 heteroatoms. The predicted octanol–water partition coefficient (Wildman–Crippen LogP) is 5.06. The quantitative estimate of drug-likeness (QED) is 0.396. The van der Waals surface area contributed by atoms with Crippen LogP contribution in [-0.2, 0) is 10.0 Å². The Morgan fingerprint density at radius 3 is 2.56 bits per heavy atom. The molecule has 0 unspecified atom stereocenters. The first-order valence-electron chi connectivity index (χ1n) is 9.89. The molecule has 3 aromatic carbocycles. The SMILES string of the molecule is CCOc1ccc2nc(NC(=O)c3ccccc3NS(=O)(=O)c3ccc(C)cc3)sc2c1. The largest absolute Gasteiger partial charge is 0.494 e. The van der Waals surface area contributed by atoms with Crippen molar-refractivity contribution in [3.8, 4) is 5.75 Å². The molecule has 0 fully saturated rings. The number of nitrogens with one attached hydrogen (secondary N) is 2. The highest BCUT2D eigenvalue weighted by molar-refractivity contribution is 7.92. The summed E-state index contributed by atoms with van der Waals surface area (Å²) in [6.07, 6.45) is 0. The lowest BCUT2D eigenvalue weighted by molar-refractivity contribution is 0.102. The normalized spacial score (nSPS) is 11.3. The Morgan fingerprint density at radius 1 is 1.06 bits per heavy atom. The molecule has 1 aromatic heterocycles. The molecule has 0 aliphatic carbocycles. The van der Waals surface area contributed by atoms with E-state index < -0.39 is 15.9 Å². The summed E-state index contributed by atoms with van der Waals surface area (Å²) in [4.78, 5) is 17.5. The van der Waals surface area contributed by atoms with Gasteiger partial charge in [0.05, 0.1) is 33.0 Å². The number of nitrogens with zero attached hydrogens (tertiary/aromatic N) is 1. The maximum Gasteiger partial charge on any atom is 0.261 e. The Hall–Kier alpha value is -3.43. The van der Waals surface area contributed by atoms with Crippen LogP contribution in [0.15, 0.2) is 71.6 Å². The Kier molecular flexibility index (Phi) is 6.11. The predicted molar refractivity (Wildman–Crippen MR) is 127 cm³/mol. The van der Waals surface area contributed by atoms with E-state index in [9.17, 15) is 13.2 Å². The summed E-state index contributed by atoms with van der Waals surface area (Å²) in [5.74, 6) is 0.272. The van der Waals surface area contributed by atoms with Gasteiger partial charge in [0, 0.05) is 0 Å². The second-order valence-corrected chi connectivity index (χ2v) is 9.71. The van der Waals surface area contributed by atoms with Crippen molar-refractivity contribution in [3.63, 3.8) is 0 Å². The molecule has 1 heterocycles. The number of carbonyl (C=O) groups excluding carboxylic acids is 1. The van der Waals surface area contributed by atoms with E-state index in [1.165, 1.54) is 23.5 Å². The Balaban J connectivity index is 1.57. The van der Waals surface area contributed by atoms with Gasteiger partial charge in [-0.05, 0) is 56.3 Å². The van der Waals surface area contributed by atoms with Crippen LogP contribution >= 0.6 is 11.3 Å². The van der Waals surface area contributed by atoms with Crippen LogP contribution in [0.3, 0.4) is 0 Å². The number of hydrogen-bond acceptors (Lipinski definition) is 6. The molecule has 0 saturated heterocycles. The molecule has 4 aromatic rings. The number of thiazole rings is 1. The van der Waals surface area contributed by atoms with Gasteiger partial charge in [-0.1, -0.05) is 41.2 Å². The molecule has 0 saturated carbocycles. The molecule has 32 heavy (non-hydrogen) atoms. The van der Waals surface area contributed by atoms with E-state index in [2.05, 4.69) is 15.0 Å². The van der Waals surface area contributed by atoms with Crippen molar-refractivity contribution < 1.29 is 17.9 Å². The summed E-state index contributed by atoms with van der Waals surface area (Å²) in [5.41, 5.74) is 2.07. The van der Waals surface area contributed by atoms with Crippen LogP contribution in [0.1, 0.15) is 22.8 Å². The van der Waals surface area contributed by atoms with E-state index in [0.717, 1.165) is 21.5 Å². The molecule has 2 N–H and O–H groups in total. The van der Waals surface area contributed by atoms with Crippen LogP contribution < -0.4 is 14.8 Å². The molecule has 0 aliphatic heterocycles. The molecule has 164 valence electrons. The van der Waals surface area contributed by atoms with Gasteiger partial charge in [0.2, 0.25) is 0 Å². The number of hydrogen-bond donors (Lipinski definition) is 2. The molecule has 7 nitrogen and oxygen atoms in total. The lowest BCUT2D eigenvalue weighted by atomic mass is 10.2. The van der Waals surface area contributed by atoms with Crippen LogP contribution in [0.4, 0.5) is 10.8 Å². The lowest BCUT2D eigenvalue weighted by Crippen LogP contribution is -2.18. The first-order valence-corrected chi connectivity index (χ1v) is 12.2. The third-order valence-electron chi connectivity index (χ3n) is 4.64. The highest BCUT2D eigenvalue weighted by Gasteiger charge is 2.19. The number of para-hydroxylation sites is 1. The summed E-state index contributed by atoms with van der Waals surface area (Å²) < 4.78 is 34.5. The third-order valence-corrected chi connectivity index (χ3v) is 6.95. The maximum atomic E-state index is 12.9. The summed E-state index contributed by atoms with van der Waals surface area (Å²) in [6, 6.07) is 18.5. The zero-order chi connectivity index (χ0) is 22.7. The number of sulfonamides is 1. The van der Waals surface area contributed by atoms with Crippen molar-refractivity contribution in [1.82, 2.24) is 4.98 Å². The Labute approximate surface area is 190 Å². The lowest BCUT2D eigenvalue weighted by Gasteiger charge is -2.12. The van der Waals surface area contributed by atoms with Gasteiger partial charge < -0.3 is 4.74 Å². The number of amides is 1. The van der Waals surface area contributed by atoms with Gasteiger partial charge in [-0.3, -0.25) is 14.8 Å². The van der Waals surface area contributed by atoms with E-state index >= 15 is 0 Å². The van der Waals surface area contributed by atoms with E-state index in [1.54, 1.807) is 36.4 Å². The minimum absolute atomic E-state index is 0.120. The van der Waals surface area contributed by atoms with Crippen molar-refractivity contribution >= 4 is 48.3 Å². The number of ether oxygens (including phenoxy) is 1. The summed E-state index contributed by atoms with van der Waals surface area (Å²) in [6.45, 7) is 4.35. The van der Waals surface area contributed by atoms with Crippen molar-refractivity contribution in [2.24, 2.45) is 0 Å². The molecular formula is C23H21N3O4S2. The van der Waals surface area contributed by atoms with E-state index in [4.69, 9.17) is 4.74 Å². The maximum absolute atomic E-state index is 12.9. The average molecular weight is 468 g/mol. The molecule has 0 aliphatic rings. The van der Waals surface area contributed by atoms with Gasteiger partial charge in [0.15, 0.2) is 5.13 Å². The molecular weight excluding hydrogens is 446 g/mol. The number of anilines is 2. The van der Waals surface area contributed by atoms with Gasteiger partial charge in [-0.25, -0.2) is 13.4 Å². The Bertz CT molecular complexity index is 1380. The molecule has 1 amide bonds. The van der Waals surface area contributed by atoms with Gasteiger partial charge in [0.25, 0.3) is 15.9 Å². The van der Waals surface area contributed by atoms with Gasteiger partial charge in [-0.15, -0.1) is 0 Å². The molecule has 0 spiro atoms. The fraction of sp³-hybridized carbons (Fsp3) is 0.130. The number of benzene rings is 3. The smallest absolute Gasteiger partial charge is 0.261 e. The minimum Gasteiger partial charge on any atom is -0.494 e. The highest BCUT2D eigenvalue weighted by Crippen LogP contribution is 2.30. The number of carbonyl (C=O) groups is 1. The molecule has 4 rings (SSSR count). The molecule has 0 bridgehead atoms. The number of aromatic nitrogens is 1. The topological polar surface area (TPSA) is 97.4 Å². The second-order valence-electron chi connectivity index (χ2n) is 7.00. The van der Waals surface area contributed by atoms with Crippen molar-refractivity contribution in [2.75, 3.05) is 16.6 Å². The number of aryl methyl sites for hydroxylation is 1. The average Bonchev–Trinajstić information content (AvgIpc) is 3.16. The standard InChI is InChI=1S/C23H21N3O4S2/c1-3-30-16-10-13-20-21(14-16)31-23(24-20)25-22(27)18-6-4-5-7-19(18)26-32(28,29)17-11-8-15(2)9-12-17/h4-14,26H,3H2,1-2H3,(H,24,25,27). The summed E-state index contributed by atoms with van der Waals surface area (Å²) >= 11 is 1.32. The van der Waals surface area contributed by atoms with Crippen LogP contribution in [0.2, 0.25) is 0 Å². The van der Waals surface area contributed by atoms with Crippen molar-refractivity contribution in [2.45, 2.75) is 18.7 Å². The van der Waals surface area contributed by atoms with E-state index in [1.807, 2.05) is 32.0 Å². The summed E-state index contributed by atoms with van der Waals surface area (Å²) in [7, 11) is -3.85. The first-order chi connectivity index (χ1) is 15.4. The zero-order valence-corrected chi connectivity index (χ0v) is 19.1. The van der Waals surface area contributed by atoms with Crippen LogP contribution in [0.5, 0.6) is 5.75 Å². The van der Waals surface area contributed by atoms with Gasteiger partial charge in [0.1, 0.15) is 5.75 Å². The summed E-state index contributed by atoms with van der Waals surface area (Å²) in [5, 5.41) is 3.18. The monoisotopic (exact) mass is 467 g/mol. The fourth-order valence-electron chi connectivity index (χ4n) is 3.07. The van der Waals surface area contributed by atoms with Crippen LogP contribution in [0, 0.1) is 6.92 Å². The van der Waals surface area contributed by atoms with Gasteiger partial charge >= 0.3 is 0 Å². The third kappa shape index (κ3) is 4.74. The number of rotatable bonds is 7. The van der Waals surface area contributed by atoms with Gasteiger partial charge in [-0.2, -0.15) is 0 Å². The molecule has 0 radical (unpaired) electrons. The van der Waals surface area contributed by atoms with Crippen molar-refractivity contribution in [1.29, 1.82) is 0 Å². The van der Waals surface area contributed by atoms with E-state index in [0.29, 0.717) is 11.7 Å². The van der Waals surface area contributed by atoms with Crippen LogP contribution in [-0.4, -0.2) is 25.9 Å². The Morgan fingerprint density at radius 2 is 1.81 bits per heavy atom. The minimum atomic E-state index is -3.85. The van der Waals surface area contributed by atoms with E-state index in [-0.39, 0.29) is 16.1 Å².